The van der Waals surface area contributed by atoms with Crippen LogP contribution in [0.25, 0.3) is 11.3 Å². The lowest BCUT2D eigenvalue weighted by Crippen LogP contribution is -2.10. The van der Waals surface area contributed by atoms with Crippen molar-refractivity contribution in [2.75, 3.05) is 19.5 Å². The molecular weight excluding hydrogens is 306 g/mol. The van der Waals surface area contributed by atoms with Gasteiger partial charge in [0.2, 0.25) is 0 Å². The van der Waals surface area contributed by atoms with Gasteiger partial charge in [-0.3, -0.25) is 0 Å². The third-order valence-electron chi connectivity index (χ3n) is 2.80. The van der Waals surface area contributed by atoms with Gasteiger partial charge in [-0.25, -0.2) is 9.97 Å². The molecule has 0 saturated heterocycles. The Morgan fingerprint density at radius 2 is 1.95 bits per heavy atom. The van der Waals surface area contributed by atoms with Gasteiger partial charge in [-0.1, -0.05) is 37.3 Å². The van der Waals surface area contributed by atoms with Crippen LogP contribution < -0.4 is 5.73 Å². The first-order valence-corrected chi connectivity index (χ1v) is 6.80. The summed E-state index contributed by atoms with van der Waals surface area (Å²) in [5.74, 6) is 1.25. The SMILES string of the molecule is COCC(C)c1nc(N)c(Br)c(-c2ccccc2)n1. The molecule has 0 spiro atoms. The normalized spacial score (nSPS) is 12.4. The molecule has 0 aliphatic heterocycles. The van der Waals surface area contributed by atoms with Crippen LogP contribution in [0.1, 0.15) is 18.7 Å². The van der Waals surface area contributed by atoms with Crippen molar-refractivity contribution in [1.82, 2.24) is 9.97 Å². The molecule has 1 heterocycles. The van der Waals surface area contributed by atoms with E-state index in [9.17, 15) is 0 Å². The Bertz CT molecular complexity index is 560. The number of methoxy groups -OCH3 is 1. The average molecular weight is 322 g/mol. The van der Waals surface area contributed by atoms with E-state index < -0.39 is 0 Å². The van der Waals surface area contributed by atoms with Gasteiger partial charge in [-0.15, -0.1) is 0 Å². The van der Waals surface area contributed by atoms with E-state index in [4.69, 9.17) is 10.5 Å². The molecule has 0 fully saturated rings. The van der Waals surface area contributed by atoms with Crippen LogP contribution in [-0.2, 0) is 4.74 Å². The van der Waals surface area contributed by atoms with E-state index in [-0.39, 0.29) is 5.92 Å². The summed E-state index contributed by atoms with van der Waals surface area (Å²) in [4.78, 5) is 8.92. The quantitative estimate of drug-likeness (QED) is 0.939. The molecule has 0 aliphatic carbocycles. The third kappa shape index (κ3) is 3.11. The molecule has 0 amide bonds. The Kier molecular flexibility index (Phi) is 4.50. The maximum Gasteiger partial charge on any atom is 0.142 e. The summed E-state index contributed by atoms with van der Waals surface area (Å²) < 4.78 is 5.87. The minimum absolute atomic E-state index is 0.0999. The van der Waals surface area contributed by atoms with E-state index in [0.29, 0.717) is 18.2 Å². The molecule has 5 heteroatoms. The zero-order chi connectivity index (χ0) is 13.8. The topological polar surface area (TPSA) is 61.0 Å². The second-order valence-electron chi connectivity index (χ2n) is 4.35. The molecule has 2 aromatic rings. The van der Waals surface area contributed by atoms with Crippen LogP contribution in [0, 0.1) is 0 Å². The molecule has 1 unspecified atom stereocenters. The first-order chi connectivity index (χ1) is 9.13. The first-order valence-electron chi connectivity index (χ1n) is 6.00. The number of halogens is 1. The van der Waals surface area contributed by atoms with Crippen molar-refractivity contribution in [2.24, 2.45) is 0 Å². The Labute approximate surface area is 121 Å². The van der Waals surface area contributed by atoms with Gasteiger partial charge in [0.05, 0.1) is 16.8 Å². The second kappa shape index (κ2) is 6.12. The number of hydrogen-bond donors (Lipinski definition) is 1. The van der Waals surface area contributed by atoms with Crippen LogP contribution in [0.15, 0.2) is 34.8 Å². The molecule has 0 radical (unpaired) electrons. The standard InChI is InChI=1S/C14H16BrN3O/c1-9(8-19-2)14-17-12(11(15)13(16)18-14)10-6-4-3-5-7-10/h3-7,9H,8H2,1-2H3,(H2,16,17,18). The highest BCUT2D eigenvalue weighted by Gasteiger charge is 2.15. The molecule has 1 atom stereocenters. The fourth-order valence-electron chi connectivity index (χ4n) is 1.81. The molecule has 1 aromatic carbocycles. The number of anilines is 1. The zero-order valence-electron chi connectivity index (χ0n) is 10.9. The van der Waals surface area contributed by atoms with Gasteiger partial charge in [0, 0.05) is 18.6 Å². The maximum atomic E-state index is 5.95. The smallest absolute Gasteiger partial charge is 0.142 e. The molecule has 0 aliphatic rings. The number of nitrogens with two attached hydrogens (primary N) is 1. The van der Waals surface area contributed by atoms with Gasteiger partial charge in [-0.05, 0) is 15.9 Å². The Morgan fingerprint density at radius 3 is 2.58 bits per heavy atom. The largest absolute Gasteiger partial charge is 0.384 e. The molecule has 100 valence electrons. The third-order valence-corrected chi connectivity index (χ3v) is 3.58. The molecule has 0 bridgehead atoms. The highest BCUT2D eigenvalue weighted by molar-refractivity contribution is 9.10. The number of rotatable bonds is 4. The number of aromatic nitrogens is 2. The van der Waals surface area contributed by atoms with Crippen LogP contribution in [0.2, 0.25) is 0 Å². The summed E-state index contributed by atoms with van der Waals surface area (Å²) in [6.07, 6.45) is 0. The molecule has 19 heavy (non-hydrogen) atoms. The minimum atomic E-state index is 0.0999. The number of nitrogens with zero attached hydrogens (tertiary/aromatic N) is 2. The number of benzene rings is 1. The predicted molar refractivity (Wildman–Crippen MR) is 79.9 cm³/mol. The molecule has 0 saturated carbocycles. The van der Waals surface area contributed by atoms with Gasteiger partial charge in [-0.2, -0.15) is 0 Å². The van der Waals surface area contributed by atoms with E-state index in [1.807, 2.05) is 37.3 Å². The molecular formula is C14H16BrN3O. The molecule has 4 nitrogen and oxygen atoms in total. The van der Waals surface area contributed by atoms with Crippen molar-refractivity contribution in [3.8, 4) is 11.3 Å². The van der Waals surface area contributed by atoms with E-state index in [2.05, 4.69) is 25.9 Å². The van der Waals surface area contributed by atoms with Crippen molar-refractivity contribution in [1.29, 1.82) is 0 Å². The summed E-state index contributed by atoms with van der Waals surface area (Å²) in [5, 5.41) is 0. The lowest BCUT2D eigenvalue weighted by Gasteiger charge is -2.13. The summed E-state index contributed by atoms with van der Waals surface area (Å²) in [5.41, 5.74) is 7.77. The van der Waals surface area contributed by atoms with Gasteiger partial charge >= 0.3 is 0 Å². The minimum Gasteiger partial charge on any atom is -0.384 e. The highest BCUT2D eigenvalue weighted by atomic mass is 79.9. The van der Waals surface area contributed by atoms with E-state index in [1.165, 1.54) is 0 Å². The average Bonchev–Trinajstić information content (AvgIpc) is 2.43. The summed E-state index contributed by atoms with van der Waals surface area (Å²) in [7, 11) is 1.66. The van der Waals surface area contributed by atoms with Crippen LogP contribution in [-0.4, -0.2) is 23.7 Å². The summed E-state index contributed by atoms with van der Waals surface area (Å²) in [6, 6.07) is 9.90. The molecule has 2 N–H and O–H groups in total. The monoisotopic (exact) mass is 321 g/mol. The van der Waals surface area contributed by atoms with Gasteiger partial charge in [0.15, 0.2) is 0 Å². The van der Waals surface area contributed by atoms with Crippen molar-refractivity contribution in [3.05, 3.63) is 40.6 Å². The highest BCUT2D eigenvalue weighted by Crippen LogP contribution is 2.31. The van der Waals surface area contributed by atoms with E-state index in [0.717, 1.165) is 15.7 Å². The Hall–Kier alpha value is -1.46. The van der Waals surface area contributed by atoms with Crippen LogP contribution >= 0.6 is 15.9 Å². The van der Waals surface area contributed by atoms with E-state index in [1.54, 1.807) is 7.11 Å². The second-order valence-corrected chi connectivity index (χ2v) is 5.15. The lowest BCUT2D eigenvalue weighted by molar-refractivity contribution is 0.181. The number of nitrogen functional groups attached to an aromatic ring is 1. The summed E-state index contributed by atoms with van der Waals surface area (Å²) >= 11 is 3.46. The van der Waals surface area contributed by atoms with Gasteiger partial charge in [0.25, 0.3) is 0 Å². The zero-order valence-corrected chi connectivity index (χ0v) is 12.5. The maximum absolute atomic E-state index is 5.95. The van der Waals surface area contributed by atoms with Crippen molar-refractivity contribution < 1.29 is 4.74 Å². The fraction of sp³-hybridized carbons (Fsp3) is 0.286. The Morgan fingerprint density at radius 1 is 1.26 bits per heavy atom. The predicted octanol–water partition coefficient (Wildman–Crippen LogP) is 3.24. The lowest BCUT2D eigenvalue weighted by atomic mass is 10.1. The number of hydrogen-bond acceptors (Lipinski definition) is 4. The molecule has 1 aromatic heterocycles. The summed E-state index contributed by atoms with van der Waals surface area (Å²) in [6.45, 7) is 2.58. The Balaban J connectivity index is 2.49. The fourth-order valence-corrected chi connectivity index (χ4v) is 2.22. The van der Waals surface area contributed by atoms with Gasteiger partial charge < -0.3 is 10.5 Å². The van der Waals surface area contributed by atoms with Gasteiger partial charge in [0.1, 0.15) is 11.6 Å². The van der Waals surface area contributed by atoms with Crippen molar-refractivity contribution in [2.45, 2.75) is 12.8 Å². The van der Waals surface area contributed by atoms with Crippen molar-refractivity contribution in [3.63, 3.8) is 0 Å². The van der Waals surface area contributed by atoms with Crippen LogP contribution in [0.5, 0.6) is 0 Å². The van der Waals surface area contributed by atoms with E-state index >= 15 is 0 Å². The number of ether oxygens (including phenoxy) is 1. The van der Waals surface area contributed by atoms with Crippen molar-refractivity contribution >= 4 is 21.7 Å². The molecule has 2 rings (SSSR count). The van der Waals surface area contributed by atoms with Crippen LogP contribution in [0.4, 0.5) is 5.82 Å². The van der Waals surface area contributed by atoms with Crippen LogP contribution in [0.3, 0.4) is 0 Å². The first kappa shape index (κ1) is 14.0.